The summed E-state index contributed by atoms with van der Waals surface area (Å²) in [6.45, 7) is 0. The molecule has 0 heterocycles. The minimum atomic E-state index is -5.17. The van der Waals surface area contributed by atoms with Crippen molar-refractivity contribution in [2.24, 2.45) is 0 Å². The molecule has 0 aliphatic carbocycles. The van der Waals surface area contributed by atoms with Gasteiger partial charge in [-0.05, 0) is 0 Å². The summed E-state index contributed by atoms with van der Waals surface area (Å²) >= 11 is 0. The molecule has 0 amide bonds. The molecule has 12 nitrogen and oxygen atoms in total. The Balaban J connectivity index is -0.00000000222. The molecule has 14 heavy (non-hydrogen) atoms. The largest absolute Gasteiger partial charge is 2.00 e. The molecule has 0 rings (SSSR count). The molecule has 0 aromatic rings. The molecule has 0 aliphatic rings. The molecule has 0 unspecified atom stereocenters. The van der Waals surface area contributed by atoms with Crippen LogP contribution in [-0.2, 0) is 10.4 Å². The standard InChI is InChI=1S/Ca.H2O4S.8H2O/c;1-5(2,3)4;;;;;;;;/h;(H2,1,2,3,4);8*1H2/q+2;;;;;;;;;/p-2. The predicted octanol–water partition coefficient (Wildman–Crippen LogP) is -8.32. The first-order valence-electron chi connectivity index (χ1n) is 0.667. The SMILES string of the molecule is O.O.O.O.O.O.O.O.O=S(=O)([O-])[O-].[Ca+2]. The Labute approximate surface area is 109 Å². The second kappa shape index (κ2) is 48.9. The fourth-order valence-electron chi connectivity index (χ4n) is 0. The minimum absolute atomic E-state index is 0. The summed E-state index contributed by atoms with van der Waals surface area (Å²) in [6, 6.07) is 0. The molecule has 0 saturated heterocycles. The van der Waals surface area contributed by atoms with Crippen LogP contribution in [0.15, 0.2) is 0 Å². The van der Waals surface area contributed by atoms with Gasteiger partial charge in [-0.15, -0.1) is 0 Å². The second-order valence-electron chi connectivity index (χ2n) is 0.408. The molecular formula is H16CaO12S. The normalized spacial score (nSPS) is 4.14. The summed E-state index contributed by atoms with van der Waals surface area (Å²) < 4.78 is 34.1. The van der Waals surface area contributed by atoms with Gasteiger partial charge in [0.1, 0.15) is 0 Å². The monoisotopic (exact) mass is 280 g/mol. The van der Waals surface area contributed by atoms with Gasteiger partial charge in [-0.25, -0.2) is 0 Å². The summed E-state index contributed by atoms with van der Waals surface area (Å²) in [5.74, 6) is 0. The molecule has 14 heteroatoms. The van der Waals surface area contributed by atoms with E-state index in [-0.39, 0.29) is 81.5 Å². The molecule has 0 spiro atoms. The van der Waals surface area contributed by atoms with Gasteiger partial charge in [0.15, 0.2) is 0 Å². The maximum Gasteiger partial charge on any atom is 2.00 e. The molecular weight excluding hydrogens is 264 g/mol. The Bertz CT molecular complexity index is 93.5. The molecule has 96 valence electrons. The average Bonchev–Trinajstić information content (AvgIpc) is 0.722. The fourth-order valence-corrected chi connectivity index (χ4v) is 0. The zero-order valence-corrected chi connectivity index (χ0v) is 9.77. The number of rotatable bonds is 0. The van der Waals surface area contributed by atoms with Gasteiger partial charge in [-0.2, -0.15) is 0 Å². The summed E-state index contributed by atoms with van der Waals surface area (Å²) in [4.78, 5) is 0. The molecule has 0 bridgehead atoms. The van der Waals surface area contributed by atoms with Crippen LogP contribution in [0.4, 0.5) is 0 Å². The molecule has 0 radical (unpaired) electrons. The van der Waals surface area contributed by atoms with E-state index < -0.39 is 10.4 Å². The molecule has 0 aromatic heterocycles. The molecule has 16 N–H and O–H groups in total. The van der Waals surface area contributed by atoms with Crippen molar-refractivity contribution in [1.29, 1.82) is 0 Å². The van der Waals surface area contributed by atoms with E-state index in [1.165, 1.54) is 0 Å². The fraction of sp³-hybridized carbons (Fsp3) is 0. The average molecular weight is 280 g/mol. The molecule has 0 aromatic carbocycles. The summed E-state index contributed by atoms with van der Waals surface area (Å²) in [6.07, 6.45) is 0. The third-order valence-electron chi connectivity index (χ3n) is 0. The van der Waals surface area contributed by atoms with E-state index in [2.05, 4.69) is 0 Å². The summed E-state index contributed by atoms with van der Waals surface area (Å²) in [5.41, 5.74) is 0. The molecule has 0 saturated carbocycles. The van der Waals surface area contributed by atoms with Crippen molar-refractivity contribution < 1.29 is 61.3 Å². The summed E-state index contributed by atoms with van der Waals surface area (Å²) in [5, 5.41) is 0. The predicted molar refractivity (Wildman–Crippen MR) is 45.1 cm³/mol. The van der Waals surface area contributed by atoms with Crippen LogP contribution < -0.4 is 0 Å². The van der Waals surface area contributed by atoms with E-state index in [1.807, 2.05) is 0 Å². The number of hydrogen-bond donors (Lipinski definition) is 0. The molecule has 0 fully saturated rings. The second-order valence-corrected chi connectivity index (χ2v) is 1.22. The van der Waals surface area contributed by atoms with Gasteiger partial charge in [0.05, 0.1) is 0 Å². The van der Waals surface area contributed by atoms with Gasteiger partial charge in [-0.3, -0.25) is 8.42 Å². The van der Waals surface area contributed by atoms with E-state index in [0.717, 1.165) is 0 Å². The first kappa shape index (κ1) is 122. The van der Waals surface area contributed by atoms with Crippen molar-refractivity contribution in [2.45, 2.75) is 0 Å². The van der Waals surface area contributed by atoms with Gasteiger partial charge < -0.3 is 52.9 Å². The van der Waals surface area contributed by atoms with E-state index in [1.54, 1.807) is 0 Å². The van der Waals surface area contributed by atoms with Crippen LogP contribution in [0.1, 0.15) is 0 Å². The summed E-state index contributed by atoms with van der Waals surface area (Å²) in [7, 11) is -5.17. The van der Waals surface area contributed by atoms with Gasteiger partial charge in [0.2, 0.25) is 0 Å². The maximum atomic E-state index is 8.52. The third-order valence-corrected chi connectivity index (χ3v) is 0. The first-order chi connectivity index (χ1) is 2.00. The van der Waals surface area contributed by atoms with Gasteiger partial charge in [-0.1, -0.05) is 0 Å². The zero-order chi connectivity index (χ0) is 4.50. The van der Waals surface area contributed by atoms with Crippen LogP contribution in [0, 0.1) is 0 Å². The van der Waals surface area contributed by atoms with E-state index in [4.69, 9.17) is 17.5 Å². The number of hydrogen-bond acceptors (Lipinski definition) is 4. The van der Waals surface area contributed by atoms with Crippen LogP contribution in [0.25, 0.3) is 0 Å². The Morgan fingerprint density at radius 1 is 0.571 bits per heavy atom. The Morgan fingerprint density at radius 3 is 0.571 bits per heavy atom. The van der Waals surface area contributed by atoms with Crippen molar-refractivity contribution in [1.82, 2.24) is 0 Å². The molecule has 0 atom stereocenters. The van der Waals surface area contributed by atoms with Crippen molar-refractivity contribution in [3.63, 3.8) is 0 Å². The van der Waals surface area contributed by atoms with Crippen molar-refractivity contribution >= 4 is 48.1 Å². The Kier molecular flexibility index (Phi) is 426. The van der Waals surface area contributed by atoms with E-state index in [9.17, 15) is 0 Å². The van der Waals surface area contributed by atoms with Crippen LogP contribution in [0.5, 0.6) is 0 Å². The zero-order valence-electron chi connectivity index (χ0n) is 6.75. The van der Waals surface area contributed by atoms with Gasteiger partial charge in [0.25, 0.3) is 0 Å². The van der Waals surface area contributed by atoms with Crippen LogP contribution >= 0.6 is 0 Å². The smallest absolute Gasteiger partial charge is 0.759 e. The maximum absolute atomic E-state index is 8.52. The van der Waals surface area contributed by atoms with Gasteiger partial charge in [0, 0.05) is 10.4 Å². The Morgan fingerprint density at radius 2 is 0.571 bits per heavy atom. The first-order valence-corrected chi connectivity index (χ1v) is 2.00. The topological polar surface area (TPSA) is 332 Å². The van der Waals surface area contributed by atoms with Crippen LogP contribution in [-0.4, -0.2) is 99.1 Å². The molecule has 0 aliphatic heterocycles. The van der Waals surface area contributed by atoms with Crippen molar-refractivity contribution in [3.8, 4) is 0 Å². The van der Waals surface area contributed by atoms with E-state index >= 15 is 0 Å². The van der Waals surface area contributed by atoms with E-state index in [0.29, 0.717) is 0 Å². The third kappa shape index (κ3) is 2720. The Hall–Kier alpha value is 0.810. The van der Waals surface area contributed by atoms with Crippen molar-refractivity contribution in [2.75, 3.05) is 0 Å². The minimum Gasteiger partial charge on any atom is -0.759 e. The van der Waals surface area contributed by atoms with Crippen LogP contribution in [0.2, 0.25) is 0 Å². The van der Waals surface area contributed by atoms with Gasteiger partial charge >= 0.3 is 37.7 Å². The quantitative estimate of drug-likeness (QED) is 0.236. The van der Waals surface area contributed by atoms with Crippen molar-refractivity contribution in [3.05, 3.63) is 0 Å². The van der Waals surface area contributed by atoms with Crippen LogP contribution in [0.3, 0.4) is 0 Å².